The van der Waals surface area contributed by atoms with Gasteiger partial charge in [-0.2, -0.15) is 0 Å². The van der Waals surface area contributed by atoms with Gasteiger partial charge in [0.25, 0.3) is 0 Å². The average Bonchev–Trinajstić information content (AvgIpc) is 2.78. The lowest BCUT2D eigenvalue weighted by Gasteiger charge is -2.24. The first-order valence-corrected chi connectivity index (χ1v) is 6.74. The SMILES string of the molecule is CC#CCCNC(=O)C1CC2CCCCC2N1. The maximum absolute atomic E-state index is 11.9. The zero-order chi connectivity index (χ0) is 12.1. The molecular formula is C14H22N2O. The second kappa shape index (κ2) is 6.07. The molecule has 0 aromatic rings. The van der Waals surface area contributed by atoms with Crippen molar-refractivity contribution in [3.8, 4) is 11.8 Å². The zero-order valence-corrected chi connectivity index (χ0v) is 10.6. The van der Waals surface area contributed by atoms with Crippen LogP contribution in [0.3, 0.4) is 0 Å². The Morgan fingerprint density at radius 1 is 1.41 bits per heavy atom. The van der Waals surface area contributed by atoms with Crippen molar-refractivity contribution in [1.29, 1.82) is 0 Å². The predicted molar refractivity (Wildman–Crippen MR) is 68.4 cm³/mol. The highest BCUT2D eigenvalue weighted by atomic mass is 16.2. The van der Waals surface area contributed by atoms with Gasteiger partial charge in [-0.3, -0.25) is 4.79 Å². The lowest BCUT2D eigenvalue weighted by atomic mass is 9.85. The molecule has 3 atom stereocenters. The van der Waals surface area contributed by atoms with E-state index in [9.17, 15) is 4.79 Å². The van der Waals surface area contributed by atoms with Crippen LogP contribution < -0.4 is 10.6 Å². The Labute approximate surface area is 104 Å². The summed E-state index contributed by atoms with van der Waals surface area (Å²) in [6, 6.07) is 0.632. The van der Waals surface area contributed by atoms with Crippen LogP contribution in [-0.4, -0.2) is 24.5 Å². The summed E-state index contributed by atoms with van der Waals surface area (Å²) in [4.78, 5) is 11.9. The first kappa shape index (κ1) is 12.4. The van der Waals surface area contributed by atoms with Gasteiger partial charge < -0.3 is 10.6 Å². The number of carbonyl (C=O) groups excluding carboxylic acids is 1. The molecule has 3 nitrogen and oxygen atoms in total. The summed E-state index contributed by atoms with van der Waals surface area (Å²) in [5, 5.41) is 6.45. The van der Waals surface area contributed by atoms with Gasteiger partial charge >= 0.3 is 0 Å². The van der Waals surface area contributed by atoms with E-state index in [1.54, 1.807) is 0 Å². The number of hydrogen-bond acceptors (Lipinski definition) is 2. The van der Waals surface area contributed by atoms with E-state index in [1.807, 2.05) is 6.92 Å². The van der Waals surface area contributed by atoms with E-state index >= 15 is 0 Å². The summed E-state index contributed by atoms with van der Waals surface area (Å²) < 4.78 is 0. The van der Waals surface area contributed by atoms with Gasteiger partial charge in [-0.1, -0.05) is 12.8 Å². The highest BCUT2D eigenvalue weighted by Gasteiger charge is 2.37. The molecule has 0 spiro atoms. The zero-order valence-electron chi connectivity index (χ0n) is 10.6. The number of fused-ring (bicyclic) bond motifs is 1. The van der Waals surface area contributed by atoms with Crippen molar-refractivity contribution < 1.29 is 4.79 Å². The van der Waals surface area contributed by atoms with Crippen LogP contribution in [-0.2, 0) is 4.79 Å². The summed E-state index contributed by atoms with van der Waals surface area (Å²) in [6.45, 7) is 2.50. The maximum atomic E-state index is 11.9. The molecular weight excluding hydrogens is 212 g/mol. The van der Waals surface area contributed by atoms with Gasteiger partial charge in [0.05, 0.1) is 6.04 Å². The standard InChI is InChI=1S/C14H22N2O/c1-2-3-6-9-15-14(17)13-10-11-7-4-5-8-12(11)16-13/h11-13,16H,4-10H2,1H3,(H,15,17). The molecule has 1 saturated carbocycles. The van der Waals surface area contributed by atoms with Crippen molar-refractivity contribution in [2.45, 2.75) is 57.5 Å². The van der Waals surface area contributed by atoms with E-state index in [0.717, 1.165) is 18.8 Å². The minimum atomic E-state index is 0.0395. The van der Waals surface area contributed by atoms with Crippen LogP contribution >= 0.6 is 0 Å². The Morgan fingerprint density at radius 2 is 2.24 bits per heavy atom. The largest absolute Gasteiger partial charge is 0.354 e. The van der Waals surface area contributed by atoms with E-state index in [0.29, 0.717) is 12.6 Å². The maximum Gasteiger partial charge on any atom is 0.237 e. The van der Waals surface area contributed by atoms with Gasteiger partial charge in [0, 0.05) is 19.0 Å². The van der Waals surface area contributed by atoms with E-state index in [1.165, 1.54) is 25.7 Å². The van der Waals surface area contributed by atoms with Gasteiger partial charge in [0.2, 0.25) is 5.91 Å². The quantitative estimate of drug-likeness (QED) is 0.573. The van der Waals surface area contributed by atoms with Gasteiger partial charge in [0.1, 0.15) is 0 Å². The molecule has 94 valence electrons. The summed E-state index contributed by atoms with van der Waals surface area (Å²) in [5.74, 6) is 6.69. The van der Waals surface area contributed by atoms with Crippen molar-refractivity contribution in [2.75, 3.05) is 6.54 Å². The summed E-state index contributed by atoms with van der Waals surface area (Å²) in [7, 11) is 0. The Balaban J connectivity index is 1.74. The van der Waals surface area contributed by atoms with E-state index < -0.39 is 0 Å². The molecule has 3 heteroatoms. The van der Waals surface area contributed by atoms with Crippen LogP contribution in [0.2, 0.25) is 0 Å². The molecule has 2 aliphatic rings. The van der Waals surface area contributed by atoms with Crippen LogP contribution in [0.5, 0.6) is 0 Å². The average molecular weight is 234 g/mol. The highest BCUT2D eigenvalue weighted by molar-refractivity contribution is 5.82. The third-order valence-corrected chi connectivity index (χ3v) is 3.91. The summed E-state index contributed by atoms with van der Waals surface area (Å²) >= 11 is 0. The van der Waals surface area contributed by atoms with Gasteiger partial charge in [-0.05, 0) is 32.1 Å². The van der Waals surface area contributed by atoms with Crippen LogP contribution in [0.1, 0.15) is 45.4 Å². The van der Waals surface area contributed by atoms with Gasteiger partial charge in [-0.25, -0.2) is 0 Å². The fourth-order valence-electron chi connectivity index (χ4n) is 3.02. The minimum Gasteiger partial charge on any atom is -0.354 e. The molecule has 1 saturated heterocycles. The molecule has 1 heterocycles. The molecule has 1 aliphatic carbocycles. The molecule has 17 heavy (non-hydrogen) atoms. The van der Waals surface area contributed by atoms with Crippen LogP contribution in [0.15, 0.2) is 0 Å². The number of carbonyl (C=O) groups is 1. The van der Waals surface area contributed by atoms with Gasteiger partial charge in [-0.15, -0.1) is 11.8 Å². The molecule has 0 aromatic heterocycles. The predicted octanol–water partition coefficient (Wildman–Crippen LogP) is 1.44. The molecule has 1 amide bonds. The topological polar surface area (TPSA) is 41.1 Å². The molecule has 2 rings (SSSR count). The molecule has 0 aromatic carbocycles. The molecule has 0 bridgehead atoms. The molecule has 3 unspecified atom stereocenters. The summed E-state index contributed by atoms with van der Waals surface area (Å²) in [5.41, 5.74) is 0. The Hall–Kier alpha value is -1.01. The Morgan fingerprint density at radius 3 is 3.00 bits per heavy atom. The second-order valence-electron chi connectivity index (χ2n) is 5.07. The van der Waals surface area contributed by atoms with Crippen LogP contribution in [0.4, 0.5) is 0 Å². The number of hydrogen-bond donors (Lipinski definition) is 2. The first-order chi connectivity index (χ1) is 8.31. The van der Waals surface area contributed by atoms with Crippen molar-refractivity contribution in [1.82, 2.24) is 10.6 Å². The highest BCUT2D eigenvalue weighted by Crippen LogP contribution is 2.33. The third-order valence-electron chi connectivity index (χ3n) is 3.91. The third kappa shape index (κ3) is 3.23. The summed E-state index contributed by atoms with van der Waals surface area (Å²) in [6.07, 6.45) is 6.97. The van der Waals surface area contributed by atoms with Crippen molar-refractivity contribution in [3.63, 3.8) is 0 Å². The number of nitrogens with one attached hydrogen (secondary N) is 2. The Kier molecular flexibility index (Phi) is 4.44. The van der Waals surface area contributed by atoms with E-state index in [2.05, 4.69) is 22.5 Å². The molecule has 2 fully saturated rings. The molecule has 1 aliphatic heterocycles. The van der Waals surface area contributed by atoms with Crippen molar-refractivity contribution in [3.05, 3.63) is 0 Å². The second-order valence-corrected chi connectivity index (χ2v) is 5.07. The lowest BCUT2D eigenvalue weighted by Crippen LogP contribution is -2.43. The minimum absolute atomic E-state index is 0.0395. The number of amides is 1. The fourth-order valence-corrected chi connectivity index (χ4v) is 3.02. The fraction of sp³-hybridized carbons (Fsp3) is 0.786. The molecule has 0 radical (unpaired) electrons. The normalized spacial score (nSPS) is 31.2. The van der Waals surface area contributed by atoms with E-state index in [4.69, 9.17) is 0 Å². The van der Waals surface area contributed by atoms with Crippen LogP contribution in [0, 0.1) is 17.8 Å². The lowest BCUT2D eigenvalue weighted by molar-refractivity contribution is -0.122. The van der Waals surface area contributed by atoms with Gasteiger partial charge in [0.15, 0.2) is 0 Å². The first-order valence-electron chi connectivity index (χ1n) is 6.74. The smallest absolute Gasteiger partial charge is 0.237 e. The van der Waals surface area contributed by atoms with Crippen LogP contribution in [0.25, 0.3) is 0 Å². The number of rotatable bonds is 3. The van der Waals surface area contributed by atoms with Crippen molar-refractivity contribution in [2.24, 2.45) is 5.92 Å². The monoisotopic (exact) mass is 234 g/mol. The van der Waals surface area contributed by atoms with E-state index in [-0.39, 0.29) is 11.9 Å². The van der Waals surface area contributed by atoms with Crippen molar-refractivity contribution >= 4 is 5.91 Å². The molecule has 2 N–H and O–H groups in total. The Bertz CT molecular complexity index is 315.